The van der Waals surface area contributed by atoms with Crippen LogP contribution in [0.25, 0.3) is 0 Å². The van der Waals surface area contributed by atoms with Crippen molar-refractivity contribution < 1.29 is 4.74 Å². The minimum atomic E-state index is 0.609. The molecule has 2 rings (SSSR count). The van der Waals surface area contributed by atoms with E-state index in [4.69, 9.17) is 15.3 Å². The topological polar surface area (TPSA) is 56.8 Å². The minimum absolute atomic E-state index is 0.609. The van der Waals surface area contributed by atoms with Crippen LogP contribution in [0.4, 0.5) is 0 Å². The highest BCUT2D eigenvalue weighted by Gasteiger charge is 2.27. The van der Waals surface area contributed by atoms with Gasteiger partial charge >= 0.3 is 0 Å². The zero-order valence-corrected chi connectivity index (χ0v) is 12.4. The number of ether oxygens (including phenoxy) is 1. The van der Waals surface area contributed by atoms with E-state index < -0.39 is 0 Å². The summed E-state index contributed by atoms with van der Waals surface area (Å²) in [6.07, 6.45) is 14.2. The molecule has 0 unspecified atom stereocenters. The molecule has 2 fully saturated rings. The molecule has 0 spiro atoms. The van der Waals surface area contributed by atoms with Gasteiger partial charge in [-0.25, -0.2) is 0 Å². The highest BCUT2D eigenvalue weighted by atomic mass is 16.5. The highest BCUT2D eigenvalue weighted by Crippen LogP contribution is 2.38. The van der Waals surface area contributed by atoms with Crippen molar-refractivity contribution in [3.8, 4) is 12.3 Å². The Hall–Kier alpha value is -1.22. The lowest BCUT2D eigenvalue weighted by Crippen LogP contribution is -2.22. The molecule has 2 aliphatic carbocycles. The van der Waals surface area contributed by atoms with E-state index >= 15 is 0 Å². The standard InChI is InChI=1S/C17H26N2O/c18-10-9-14-1-3-15(4-2-14)11-16-5-7-17(8-6-16)12-20-13-19/h14-17H,1-9,11-12H2. The first-order chi connectivity index (χ1) is 9.81. The van der Waals surface area contributed by atoms with E-state index in [1.807, 2.05) is 0 Å². The van der Waals surface area contributed by atoms with Gasteiger partial charge in [0.1, 0.15) is 6.61 Å². The van der Waals surface area contributed by atoms with E-state index in [9.17, 15) is 0 Å². The number of nitriles is 2. The summed E-state index contributed by atoms with van der Waals surface area (Å²) < 4.78 is 4.87. The maximum absolute atomic E-state index is 8.75. The summed E-state index contributed by atoms with van der Waals surface area (Å²) in [4.78, 5) is 0. The van der Waals surface area contributed by atoms with Crippen LogP contribution in [0.1, 0.15) is 64.2 Å². The number of rotatable bonds is 5. The van der Waals surface area contributed by atoms with Crippen LogP contribution in [0.15, 0.2) is 0 Å². The summed E-state index contributed by atoms with van der Waals surface area (Å²) in [5, 5.41) is 17.2. The molecule has 0 amide bonds. The van der Waals surface area contributed by atoms with Crippen LogP contribution < -0.4 is 0 Å². The van der Waals surface area contributed by atoms with Gasteiger partial charge in [-0.1, -0.05) is 25.7 Å². The molecule has 0 aromatic rings. The molecular weight excluding hydrogens is 248 g/mol. The predicted octanol–water partition coefficient (Wildman–Crippen LogP) is 4.40. The van der Waals surface area contributed by atoms with Crippen LogP contribution >= 0.6 is 0 Å². The second-order valence-electron chi connectivity index (χ2n) is 6.77. The number of nitrogens with zero attached hydrogens (tertiary/aromatic N) is 2. The van der Waals surface area contributed by atoms with Crippen molar-refractivity contribution in [3.05, 3.63) is 0 Å². The molecule has 0 heterocycles. The Bertz CT molecular complexity index is 352. The van der Waals surface area contributed by atoms with Crippen molar-refractivity contribution in [2.75, 3.05) is 6.61 Å². The quantitative estimate of drug-likeness (QED) is 0.698. The lowest BCUT2D eigenvalue weighted by molar-refractivity contribution is 0.141. The SMILES string of the molecule is N#CCC1CCC(CC2CCC(COC#N)CC2)CC1. The molecule has 0 bridgehead atoms. The van der Waals surface area contributed by atoms with Crippen molar-refractivity contribution in [1.82, 2.24) is 0 Å². The lowest BCUT2D eigenvalue weighted by Gasteiger charge is -2.33. The fourth-order valence-corrected chi connectivity index (χ4v) is 4.06. The van der Waals surface area contributed by atoms with E-state index in [-0.39, 0.29) is 0 Å². The largest absolute Gasteiger partial charge is 0.427 e. The summed E-state index contributed by atoms with van der Waals surface area (Å²) >= 11 is 0. The van der Waals surface area contributed by atoms with E-state index in [2.05, 4.69) is 6.07 Å². The molecule has 0 aromatic carbocycles. The molecule has 3 nitrogen and oxygen atoms in total. The van der Waals surface area contributed by atoms with Crippen molar-refractivity contribution in [3.63, 3.8) is 0 Å². The monoisotopic (exact) mass is 274 g/mol. The Kier molecular flexibility index (Phi) is 6.19. The molecule has 0 N–H and O–H groups in total. The van der Waals surface area contributed by atoms with Gasteiger partial charge in [0, 0.05) is 6.42 Å². The smallest absolute Gasteiger partial charge is 0.286 e. The van der Waals surface area contributed by atoms with E-state index in [0.717, 1.165) is 18.3 Å². The maximum atomic E-state index is 8.75. The van der Waals surface area contributed by atoms with Gasteiger partial charge in [-0.3, -0.25) is 0 Å². The van der Waals surface area contributed by atoms with E-state index in [1.54, 1.807) is 6.26 Å². The second kappa shape index (κ2) is 8.15. The van der Waals surface area contributed by atoms with Gasteiger partial charge in [0.2, 0.25) is 0 Å². The normalized spacial score (nSPS) is 33.9. The molecule has 2 saturated carbocycles. The average Bonchev–Trinajstić information content (AvgIpc) is 2.49. The summed E-state index contributed by atoms with van der Waals surface area (Å²) in [7, 11) is 0. The van der Waals surface area contributed by atoms with Crippen molar-refractivity contribution >= 4 is 0 Å². The van der Waals surface area contributed by atoms with Gasteiger partial charge < -0.3 is 4.74 Å². The fourth-order valence-electron chi connectivity index (χ4n) is 4.06. The molecule has 0 aromatic heterocycles. The van der Waals surface area contributed by atoms with Gasteiger partial charge in [-0.05, 0) is 55.8 Å². The maximum Gasteiger partial charge on any atom is 0.286 e. The molecule has 0 saturated heterocycles. The van der Waals surface area contributed by atoms with Crippen molar-refractivity contribution in [1.29, 1.82) is 10.5 Å². The van der Waals surface area contributed by atoms with Gasteiger partial charge in [0.25, 0.3) is 6.26 Å². The fraction of sp³-hybridized carbons (Fsp3) is 0.882. The third-order valence-electron chi connectivity index (χ3n) is 5.36. The van der Waals surface area contributed by atoms with Crippen LogP contribution in [0.3, 0.4) is 0 Å². The first kappa shape index (κ1) is 15.2. The first-order valence-electron chi connectivity index (χ1n) is 8.19. The molecule has 0 aliphatic heterocycles. The van der Waals surface area contributed by atoms with E-state index in [0.29, 0.717) is 18.4 Å². The number of hydrogen-bond donors (Lipinski definition) is 0. The molecule has 20 heavy (non-hydrogen) atoms. The van der Waals surface area contributed by atoms with Crippen molar-refractivity contribution in [2.24, 2.45) is 23.7 Å². The third-order valence-corrected chi connectivity index (χ3v) is 5.36. The lowest BCUT2D eigenvalue weighted by atomic mass is 9.73. The van der Waals surface area contributed by atoms with Crippen LogP contribution in [0, 0.1) is 46.5 Å². The zero-order chi connectivity index (χ0) is 14.2. The first-order valence-corrected chi connectivity index (χ1v) is 8.19. The van der Waals surface area contributed by atoms with Crippen LogP contribution in [-0.4, -0.2) is 6.61 Å². The minimum Gasteiger partial charge on any atom is -0.427 e. The Morgan fingerprint density at radius 1 is 0.750 bits per heavy atom. The predicted molar refractivity (Wildman–Crippen MR) is 77.3 cm³/mol. The van der Waals surface area contributed by atoms with Gasteiger partial charge in [-0.2, -0.15) is 10.5 Å². The van der Waals surface area contributed by atoms with Crippen LogP contribution in [0.2, 0.25) is 0 Å². The average molecular weight is 274 g/mol. The third kappa shape index (κ3) is 4.71. The molecular formula is C17H26N2O. The molecule has 0 atom stereocenters. The van der Waals surface area contributed by atoms with Crippen molar-refractivity contribution in [2.45, 2.75) is 64.2 Å². The summed E-state index contributed by atoms with van der Waals surface area (Å²) in [5.41, 5.74) is 0. The Labute approximate surface area is 122 Å². The Morgan fingerprint density at radius 2 is 1.25 bits per heavy atom. The molecule has 2 aliphatic rings. The number of hydrogen-bond acceptors (Lipinski definition) is 3. The second-order valence-corrected chi connectivity index (χ2v) is 6.77. The van der Waals surface area contributed by atoms with E-state index in [1.165, 1.54) is 57.8 Å². The summed E-state index contributed by atoms with van der Waals surface area (Å²) in [6.45, 7) is 0.627. The summed E-state index contributed by atoms with van der Waals surface area (Å²) in [5.74, 6) is 3.08. The van der Waals surface area contributed by atoms with Crippen LogP contribution in [-0.2, 0) is 4.74 Å². The molecule has 3 heteroatoms. The zero-order valence-electron chi connectivity index (χ0n) is 12.4. The van der Waals surface area contributed by atoms with Crippen LogP contribution in [0.5, 0.6) is 0 Å². The molecule has 110 valence electrons. The summed E-state index contributed by atoms with van der Waals surface area (Å²) in [6, 6.07) is 2.32. The molecule has 0 radical (unpaired) electrons. The Balaban J connectivity index is 1.62. The van der Waals surface area contributed by atoms with Gasteiger partial charge in [0.15, 0.2) is 0 Å². The van der Waals surface area contributed by atoms with Gasteiger partial charge in [-0.15, -0.1) is 0 Å². The van der Waals surface area contributed by atoms with Gasteiger partial charge in [0.05, 0.1) is 6.07 Å². The highest BCUT2D eigenvalue weighted by molar-refractivity contribution is 4.82. The Morgan fingerprint density at radius 3 is 1.75 bits per heavy atom.